The molecule has 88 valence electrons. The van der Waals surface area contributed by atoms with E-state index in [-0.39, 0.29) is 12.4 Å². The lowest BCUT2D eigenvalue weighted by molar-refractivity contribution is 0.467. The Morgan fingerprint density at radius 1 is 1.12 bits per heavy atom. The van der Waals surface area contributed by atoms with Gasteiger partial charge in [-0.05, 0) is 36.4 Å². The van der Waals surface area contributed by atoms with Crippen LogP contribution in [0.5, 0.6) is 11.5 Å². The van der Waals surface area contributed by atoms with Crippen molar-refractivity contribution in [3.05, 3.63) is 58.9 Å². The zero-order valence-electron chi connectivity index (χ0n) is 8.99. The molecule has 4 heteroatoms. The molecule has 0 atom stereocenters. The summed E-state index contributed by atoms with van der Waals surface area (Å²) in [6.45, 7) is 0.0929. The smallest absolute Gasteiger partial charge is 0.134 e. The maximum atomic E-state index is 13.4. The summed E-state index contributed by atoms with van der Waals surface area (Å²) in [4.78, 5) is 0. The molecule has 0 bridgehead atoms. The lowest BCUT2D eigenvalue weighted by atomic mass is 10.2. The van der Waals surface area contributed by atoms with Crippen molar-refractivity contribution in [2.24, 2.45) is 5.73 Å². The number of ether oxygens (including phenoxy) is 1. The van der Waals surface area contributed by atoms with E-state index < -0.39 is 0 Å². The standard InChI is InChI=1S/C13H11ClFNO/c14-9-4-6-10(7-5-9)17-13-3-1-2-12(15)11(13)8-16/h1-7H,8,16H2. The van der Waals surface area contributed by atoms with E-state index in [4.69, 9.17) is 22.1 Å². The predicted octanol–water partition coefficient (Wildman–Crippen LogP) is 3.73. The van der Waals surface area contributed by atoms with E-state index in [0.29, 0.717) is 22.1 Å². The molecule has 2 nitrogen and oxygen atoms in total. The third-order valence-electron chi connectivity index (χ3n) is 2.32. The molecule has 2 aromatic carbocycles. The van der Waals surface area contributed by atoms with Crippen molar-refractivity contribution >= 4 is 11.6 Å². The largest absolute Gasteiger partial charge is 0.457 e. The van der Waals surface area contributed by atoms with Crippen LogP contribution in [0.25, 0.3) is 0 Å². The summed E-state index contributed by atoms with van der Waals surface area (Å²) in [5.74, 6) is 0.656. The highest BCUT2D eigenvalue weighted by molar-refractivity contribution is 6.30. The fourth-order valence-electron chi connectivity index (χ4n) is 1.46. The maximum absolute atomic E-state index is 13.4. The monoisotopic (exact) mass is 251 g/mol. The second kappa shape index (κ2) is 5.17. The molecule has 0 aliphatic carbocycles. The Morgan fingerprint density at radius 2 is 1.82 bits per heavy atom. The molecule has 2 N–H and O–H groups in total. The highest BCUT2D eigenvalue weighted by Crippen LogP contribution is 2.27. The van der Waals surface area contributed by atoms with E-state index in [0.717, 1.165) is 0 Å². The fourth-order valence-corrected chi connectivity index (χ4v) is 1.59. The molecule has 2 aromatic rings. The van der Waals surface area contributed by atoms with Gasteiger partial charge in [-0.15, -0.1) is 0 Å². The zero-order valence-corrected chi connectivity index (χ0v) is 9.75. The highest BCUT2D eigenvalue weighted by Gasteiger charge is 2.08. The van der Waals surface area contributed by atoms with Gasteiger partial charge in [-0.1, -0.05) is 17.7 Å². The van der Waals surface area contributed by atoms with Gasteiger partial charge in [-0.25, -0.2) is 4.39 Å². The van der Waals surface area contributed by atoms with Crippen molar-refractivity contribution in [1.29, 1.82) is 0 Å². The first kappa shape index (κ1) is 11.9. The molecular weight excluding hydrogens is 241 g/mol. The van der Waals surface area contributed by atoms with Crippen molar-refractivity contribution in [3.63, 3.8) is 0 Å². The molecule has 17 heavy (non-hydrogen) atoms. The van der Waals surface area contributed by atoms with Crippen LogP contribution in [0.15, 0.2) is 42.5 Å². The second-order valence-corrected chi connectivity index (χ2v) is 3.91. The first-order valence-electron chi connectivity index (χ1n) is 5.11. The quantitative estimate of drug-likeness (QED) is 0.902. The number of hydrogen-bond acceptors (Lipinski definition) is 2. The maximum Gasteiger partial charge on any atom is 0.134 e. The van der Waals surface area contributed by atoms with Crippen LogP contribution in [0.1, 0.15) is 5.56 Å². The van der Waals surface area contributed by atoms with E-state index in [2.05, 4.69) is 0 Å². The van der Waals surface area contributed by atoms with Crippen LogP contribution in [0.3, 0.4) is 0 Å². The molecule has 0 aromatic heterocycles. The average molecular weight is 252 g/mol. The van der Waals surface area contributed by atoms with Crippen LogP contribution >= 0.6 is 11.6 Å². The van der Waals surface area contributed by atoms with Crippen molar-refractivity contribution < 1.29 is 9.13 Å². The van der Waals surface area contributed by atoms with E-state index in [1.807, 2.05) is 0 Å². The second-order valence-electron chi connectivity index (χ2n) is 3.48. The van der Waals surface area contributed by atoms with Gasteiger partial charge in [0.15, 0.2) is 0 Å². The molecule has 0 unspecified atom stereocenters. The third-order valence-corrected chi connectivity index (χ3v) is 2.57. The SMILES string of the molecule is NCc1c(F)cccc1Oc1ccc(Cl)cc1. The van der Waals surface area contributed by atoms with Gasteiger partial charge in [-0.2, -0.15) is 0 Å². The third kappa shape index (κ3) is 2.75. The van der Waals surface area contributed by atoms with E-state index in [9.17, 15) is 4.39 Å². The molecule has 0 aliphatic heterocycles. The highest BCUT2D eigenvalue weighted by atomic mass is 35.5. The van der Waals surface area contributed by atoms with Gasteiger partial charge in [0, 0.05) is 17.1 Å². The Kier molecular flexibility index (Phi) is 3.61. The van der Waals surface area contributed by atoms with Crippen molar-refractivity contribution in [2.75, 3.05) is 0 Å². The van der Waals surface area contributed by atoms with Crippen LogP contribution in [0, 0.1) is 5.82 Å². The molecular formula is C13H11ClFNO. The Bertz CT molecular complexity index is 513. The summed E-state index contributed by atoms with van der Waals surface area (Å²) < 4.78 is 19.0. The van der Waals surface area contributed by atoms with Crippen molar-refractivity contribution in [1.82, 2.24) is 0 Å². The lowest BCUT2D eigenvalue weighted by Gasteiger charge is -2.10. The topological polar surface area (TPSA) is 35.2 Å². The minimum absolute atomic E-state index is 0.0929. The molecule has 0 heterocycles. The Balaban J connectivity index is 2.29. The summed E-state index contributed by atoms with van der Waals surface area (Å²) in [7, 11) is 0. The van der Waals surface area contributed by atoms with Crippen LogP contribution in [-0.4, -0.2) is 0 Å². The van der Waals surface area contributed by atoms with Crippen LogP contribution in [0.2, 0.25) is 5.02 Å². The van der Waals surface area contributed by atoms with Gasteiger partial charge in [0.25, 0.3) is 0 Å². The first-order chi connectivity index (χ1) is 8.20. The number of nitrogens with two attached hydrogens (primary N) is 1. The van der Waals surface area contributed by atoms with Gasteiger partial charge >= 0.3 is 0 Å². The Labute approximate surface area is 104 Å². The molecule has 0 saturated heterocycles. The minimum Gasteiger partial charge on any atom is -0.457 e. The fraction of sp³-hybridized carbons (Fsp3) is 0.0769. The van der Waals surface area contributed by atoms with E-state index in [1.54, 1.807) is 36.4 Å². The predicted molar refractivity (Wildman–Crippen MR) is 65.8 cm³/mol. The molecule has 0 aliphatic rings. The molecule has 0 fully saturated rings. The van der Waals surface area contributed by atoms with Gasteiger partial charge in [0.2, 0.25) is 0 Å². The van der Waals surface area contributed by atoms with E-state index >= 15 is 0 Å². The molecule has 0 amide bonds. The minimum atomic E-state index is -0.362. The summed E-state index contributed by atoms with van der Waals surface area (Å²) in [6, 6.07) is 11.5. The average Bonchev–Trinajstić information content (AvgIpc) is 2.32. The van der Waals surface area contributed by atoms with Crippen molar-refractivity contribution in [3.8, 4) is 11.5 Å². The van der Waals surface area contributed by atoms with Gasteiger partial charge in [0.1, 0.15) is 17.3 Å². The Hall–Kier alpha value is -1.58. The summed E-state index contributed by atoms with van der Waals surface area (Å²) in [5, 5.41) is 0.621. The van der Waals surface area contributed by atoms with Gasteiger partial charge < -0.3 is 10.5 Å². The summed E-state index contributed by atoms with van der Waals surface area (Å²) in [6.07, 6.45) is 0. The first-order valence-corrected chi connectivity index (χ1v) is 5.49. The zero-order chi connectivity index (χ0) is 12.3. The van der Waals surface area contributed by atoms with Crippen molar-refractivity contribution in [2.45, 2.75) is 6.54 Å². The van der Waals surface area contributed by atoms with Gasteiger partial charge in [0.05, 0.1) is 0 Å². The molecule has 0 radical (unpaired) electrons. The molecule has 0 saturated carbocycles. The molecule has 2 rings (SSSR count). The summed E-state index contributed by atoms with van der Waals surface area (Å²) in [5.41, 5.74) is 5.85. The number of halogens is 2. The molecule has 0 spiro atoms. The number of rotatable bonds is 3. The number of benzene rings is 2. The van der Waals surface area contributed by atoms with Crippen LogP contribution in [0.4, 0.5) is 4.39 Å². The van der Waals surface area contributed by atoms with E-state index in [1.165, 1.54) is 6.07 Å². The normalized spacial score (nSPS) is 10.3. The lowest BCUT2D eigenvalue weighted by Crippen LogP contribution is -2.02. The summed E-state index contributed by atoms with van der Waals surface area (Å²) >= 11 is 5.76. The van der Waals surface area contributed by atoms with Crippen LogP contribution < -0.4 is 10.5 Å². The van der Waals surface area contributed by atoms with Crippen LogP contribution in [-0.2, 0) is 6.54 Å². The number of hydrogen-bond donors (Lipinski definition) is 1. The Morgan fingerprint density at radius 3 is 2.47 bits per heavy atom. The van der Waals surface area contributed by atoms with Gasteiger partial charge in [-0.3, -0.25) is 0 Å².